The van der Waals surface area contributed by atoms with Crippen LogP contribution in [0.1, 0.15) is 107 Å². The van der Waals surface area contributed by atoms with Gasteiger partial charge in [0.1, 0.15) is 6.10 Å². The van der Waals surface area contributed by atoms with Crippen LogP contribution in [0.3, 0.4) is 0 Å². The minimum Gasteiger partial charge on any atom is -0.390 e. The van der Waals surface area contributed by atoms with Crippen LogP contribution < -0.4 is 0 Å². The van der Waals surface area contributed by atoms with Gasteiger partial charge in [-0.25, -0.2) is 0 Å². The van der Waals surface area contributed by atoms with E-state index < -0.39 is 17.8 Å². The van der Waals surface area contributed by atoms with Crippen molar-refractivity contribution in [3.63, 3.8) is 0 Å². The Morgan fingerprint density at radius 3 is 2.33 bits per heavy atom. The number of hydrogen-bond donors (Lipinski definition) is 2. The highest BCUT2D eigenvalue weighted by molar-refractivity contribution is 5.33. The summed E-state index contributed by atoms with van der Waals surface area (Å²) in [4.78, 5) is 5.21. The van der Waals surface area contributed by atoms with E-state index in [0.717, 1.165) is 58.8 Å². The molecule has 0 amide bonds. The van der Waals surface area contributed by atoms with Crippen molar-refractivity contribution >= 4 is 0 Å². The van der Waals surface area contributed by atoms with Crippen molar-refractivity contribution in [1.82, 2.24) is 9.80 Å². The van der Waals surface area contributed by atoms with Crippen LogP contribution in [0.2, 0.25) is 0 Å². The first-order chi connectivity index (χ1) is 24.1. The molecule has 4 saturated heterocycles. The van der Waals surface area contributed by atoms with Gasteiger partial charge in [0, 0.05) is 44.2 Å². The first-order valence-electron chi connectivity index (χ1n) is 21.1. The predicted molar refractivity (Wildman–Crippen MR) is 194 cm³/mol. The van der Waals surface area contributed by atoms with Crippen molar-refractivity contribution in [2.75, 3.05) is 52.6 Å². The maximum atomic E-state index is 12.7. The fraction of sp³-hybridized carbons (Fsp3) is 1.00. The third kappa shape index (κ3) is 4.96. The van der Waals surface area contributed by atoms with E-state index in [1.54, 1.807) is 0 Å². The van der Waals surface area contributed by atoms with Gasteiger partial charge in [0.25, 0.3) is 0 Å². The van der Waals surface area contributed by atoms with Gasteiger partial charge in [-0.1, -0.05) is 34.6 Å². The average molecular weight is 715 g/mol. The van der Waals surface area contributed by atoms with Gasteiger partial charge >= 0.3 is 0 Å². The molecule has 0 aromatic rings. The lowest BCUT2D eigenvalue weighted by Crippen LogP contribution is -2.68. The van der Waals surface area contributed by atoms with Gasteiger partial charge in [-0.15, -0.1) is 0 Å². The van der Waals surface area contributed by atoms with E-state index in [1.807, 2.05) is 20.8 Å². The van der Waals surface area contributed by atoms with E-state index in [0.29, 0.717) is 53.2 Å². The smallest absolute Gasteiger partial charge is 0.170 e. The molecule has 9 aliphatic rings. The van der Waals surface area contributed by atoms with E-state index in [2.05, 4.69) is 44.4 Å². The number of aliphatic hydroxyl groups excluding tert-OH is 1. The lowest BCUT2D eigenvalue weighted by atomic mass is 9.41. The highest BCUT2D eigenvalue weighted by atomic mass is 16.7. The van der Waals surface area contributed by atoms with Gasteiger partial charge in [0.2, 0.25) is 0 Å². The molecule has 9 fully saturated rings. The second-order valence-electron chi connectivity index (χ2n) is 20.8. The Hall–Kier alpha value is -0.360. The van der Waals surface area contributed by atoms with Crippen molar-refractivity contribution in [2.45, 2.75) is 161 Å². The molecule has 2 N–H and O–H groups in total. The van der Waals surface area contributed by atoms with Crippen LogP contribution in [0.25, 0.3) is 0 Å². The Kier molecular flexibility index (Phi) is 8.59. The summed E-state index contributed by atoms with van der Waals surface area (Å²) in [5, 5.41) is 23.8. The zero-order valence-corrected chi connectivity index (χ0v) is 33.1. The maximum absolute atomic E-state index is 12.7. The molecule has 5 aliphatic carbocycles. The minimum atomic E-state index is -1.01. The molecule has 9 rings (SSSR count). The SMILES string of the molecule is CCO[C@@H](C1C[C@@H](C)[C@H]2C(O1)[C@H](O)[C@@]1(C)C3CC[C@H]4C(C)(C)[C@@H](O[C@H]5CN(C6CN(C7COC7)C6)CCO5)CCC45CC35CC[C@]21C)C(C)(C)O. The third-order valence-corrected chi connectivity index (χ3v) is 18.1. The fourth-order valence-electron chi connectivity index (χ4n) is 15.4. The van der Waals surface area contributed by atoms with Gasteiger partial charge in [-0.3, -0.25) is 9.80 Å². The molecule has 0 aromatic heterocycles. The van der Waals surface area contributed by atoms with Gasteiger partial charge in [-0.05, 0) is 117 Å². The number of ether oxygens (including phenoxy) is 5. The minimum absolute atomic E-state index is 0.0208. The Bertz CT molecular complexity index is 1330. The van der Waals surface area contributed by atoms with Crippen LogP contribution in [0.15, 0.2) is 0 Å². The number of likely N-dealkylation sites (tertiary alicyclic amines) is 1. The number of morpholine rings is 1. The van der Waals surface area contributed by atoms with Crippen LogP contribution in [-0.2, 0) is 23.7 Å². The molecule has 0 aromatic carbocycles. The first-order valence-corrected chi connectivity index (χ1v) is 21.1. The van der Waals surface area contributed by atoms with Gasteiger partial charge in [-0.2, -0.15) is 0 Å². The quantitative estimate of drug-likeness (QED) is 0.357. The first kappa shape index (κ1) is 36.3. The van der Waals surface area contributed by atoms with Gasteiger partial charge in [0.05, 0.1) is 55.9 Å². The molecule has 0 radical (unpaired) electrons. The van der Waals surface area contributed by atoms with E-state index in [9.17, 15) is 10.2 Å². The lowest BCUT2D eigenvalue weighted by molar-refractivity contribution is -0.254. The highest BCUT2D eigenvalue weighted by Gasteiger charge is 2.84. The van der Waals surface area contributed by atoms with Crippen LogP contribution in [-0.4, -0.2) is 127 Å². The van der Waals surface area contributed by atoms with Crippen molar-refractivity contribution in [1.29, 1.82) is 0 Å². The molecule has 290 valence electrons. The molecular weight excluding hydrogens is 644 g/mol. The second-order valence-corrected chi connectivity index (χ2v) is 20.8. The van der Waals surface area contributed by atoms with E-state index >= 15 is 0 Å². The Morgan fingerprint density at radius 1 is 0.922 bits per heavy atom. The van der Waals surface area contributed by atoms with E-state index in [1.165, 1.54) is 38.5 Å². The summed E-state index contributed by atoms with van der Waals surface area (Å²) < 4.78 is 31.9. The Labute approximate surface area is 307 Å². The molecule has 14 atom stereocenters. The topological polar surface area (TPSA) is 93.1 Å². The summed E-state index contributed by atoms with van der Waals surface area (Å²) in [5.41, 5.74) is -0.448. The molecule has 9 nitrogen and oxygen atoms in total. The van der Waals surface area contributed by atoms with Crippen LogP contribution in [0.4, 0.5) is 0 Å². The van der Waals surface area contributed by atoms with Crippen molar-refractivity contribution < 1.29 is 33.9 Å². The fourth-order valence-corrected chi connectivity index (χ4v) is 15.4. The molecule has 5 saturated carbocycles. The molecule has 2 spiro atoms. The molecule has 4 aliphatic heterocycles. The average Bonchev–Trinajstić information content (AvgIpc) is 3.66. The van der Waals surface area contributed by atoms with Gasteiger partial charge < -0.3 is 33.9 Å². The Balaban J connectivity index is 0.906. The third-order valence-electron chi connectivity index (χ3n) is 18.1. The normalized spacial score (nSPS) is 52.0. The summed E-state index contributed by atoms with van der Waals surface area (Å²) in [6.07, 6.45) is 8.11. The second kappa shape index (κ2) is 12.1. The number of aliphatic hydroxyl groups is 2. The van der Waals surface area contributed by atoms with Crippen molar-refractivity contribution in [3.05, 3.63) is 0 Å². The van der Waals surface area contributed by atoms with Crippen LogP contribution in [0, 0.1) is 50.7 Å². The molecule has 4 heterocycles. The summed E-state index contributed by atoms with van der Waals surface area (Å²) >= 11 is 0. The largest absolute Gasteiger partial charge is 0.390 e. The summed E-state index contributed by atoms with van der Waals surface area (Å²) in [7, 11) is 0. The van der Waals surface area contributed by atoms with Crippen molar-refractivity contribution in [2.24, 2.45) is 50.7 Å². The van der Waals surface area contributed by atoms with Crippen LogP contribution in [0.5, 0.6) is 0 Å². The number of rotatable bonds is 8. The molecule has 51 heavy (non-hydrogen) atoms. The van der Waals surface area contributed by atoms with E-state index in [4.69, 9.17) is 23.7 Å². The maximum Gasteiger partial charge on any atom is 0.170 e. The number of nitrogens with zero attached hydrogens (tertiary/aromatic N) is 2. The zero-order valence-electron chi connectivity index (χ0n) is 33.1. The lowest BCUT2D eigenvalue weighted by Gasteiger charge is -2.64. The van der Waals surface area contributed by atoms with Gasteiger partial charge in [0.15, 0.2) is 6.29 Å². The van der Waals surface area contributed by atoms with Crippen LogP contribution >= 0.6 is 0 Å². The van der Waals surface area contributed by atoms with E-state index in [-0.39, 0.29) is 40.8 Å². The summed E-state index contributed by atoms with van der Waals surface area (Å²) in [5.74, 6) is 1.85. The molecule has 5 unspecified atom stereocenters. The Morgan fingerprint density at radius 2 is 1.65 bits per heavy atom. The summed E-state index contributed by atoms with van der Waals surface area (Å²) in [6, 6.07) is 1.25. The molecule has 0 bridgehead atoms. The molecule has 9 heteroatoms. The predicted octanol–water partition coefficient (Wildman–Crippen LogP) is 5.10. The number of fused-ring (bicyclic) bond motifs is 4. The van der Waals surface area contributed by atoms with Crippen molar-refractivity contribution in [3.8, 4) is 0 Å². The highest BCUT2D eigenvalue weighted by Crippen LogP contribution is 2.89. The standard InChI is InChI=1S/C42H70N2O7/c1-9-48-36(38(5,6)46)28-18-25(2)33-34(50-28)35(45)40(8)30-11-10-29-37(3,4)31(12-13-41(29)24-42(30,41)15-14-39(33,40)7)51-32-21-43(16-17-49-32)26-19-44(20-26)27-22-47-23-27/h25-36,45-46H,9-24H2,1-8H3/t25-,28?,29+,30?,31+,32+,33+,34?,35+,36+,39-,40-,41?,42?/m1/s1. The molecular formula is C42H70N2O7. The zero-order chi connectivity index (χ0) is 35.9. The summed E-state index contributed by atoms with van der Waals surface area (Å²) in [6.45, 7) is 25.4. The monoisotopic (exact) mass is 715 g/mol. The number of hydrogen-bond acceptors (Lipinski definition) is 9.